The number of likely N-dealkylation sites (N-methyl/N-ethyl adjacent to an activating group) is 2. The van der Waals surface area contributed by atoms with Crippen LogP contribution in [0.1, 0.15) is 148 Å². The molecule has 2 N–H and O–H groups in total. The second-order valence-corrected chi connectivity index (χ2v) is 19.2. The molecule has 0 radical (unpaired) electrons. The molecule has 4 aliphatic rings. The van der Waals surface area contributed by atoms with Gasteiger partial charge in [0.2, 0.25) is 5.75 Å². The molecule has 4 aliphatic heterocycles. The molecular formula is C55H75N2O8+. The molecule has 0 aromatic heterocycles. The number of ether oxygens (including phenoxy) is 5. The molecule has 0 spiro atoms. The van der Waals surface area contributed by atoms with E-state index in [4.69, 9.17) is 28.8 Å². The van der Waals surface area contributed by atoms with E-state index >= 15 is 0 Å². The number of benzene rings is 4. The van der Waals surface area contributed by atoms with Crippen LogP contribution in [0.5, 0.6) is 46.0 Å². The Morgan fingerprint density at radius 2 is 1.26 bits per heavy atom. The van der Waals surface area contributed by atoms with Crippen molar-refractivity contribution >= 4 is 5.97 Å². The summed E-state index contributed by atoms with van der Waals surface area (Å²) < 4.78 is 32.3. The molecule has 4 aromatic rings. The number of aliphatic carboxylic acids is 1. The summed E-state index contributed by atoms with van der Waals surface area (Å²) in [5.41, 5.74) is 6.94. The third-order valence-electron chi connectivity index (χ3n) is 14.6. The maximum absolute atomic E-state index is 12.2. The lowest BCUT2D eigenvalue weighted by Gasteiger charge is -2.46. The van der Waals surface area contributed by atoms with Gasteiger partial charge in [-0.1, -0.05) is 95.2 Å². The number of phenolic OH excluding ortho intramolecular Hbond substituents is 1. The number of carbonyl (C=O) groups is 1. The van der Waals surface area contributed by atoms with Crippen molar-refractivity contribution in [2.75, 3.05) is 55.1 Å². The lowest BCUT2D eigenvalue weighted by atomic mass is 9.85. The van der Waals surface area contributed by atoms with Crippen LogP contribution in [0.15, 0.2) is 60.7 Å². The topological polar surface area (TPSA) is 107 Å². The van der Waals surface area contributed by atoms with Gasteiger partial charge in [0.15, 0.2) is 34.5 Å². The van der Waals surface area contributed by atoms with E-state index in [1.807, 2.05) is 12.1 Å². The van der Waals surface area contributed by atoms with Crippen molar-refractivity contribution in [3.05, 3.63) is 94.0 Å². The molecule has 10 nitrogen and oxygen atoms in total. The summed E-state index contributed by atoms with van der Waals surface area (Å²) in [5.74, 6) is 3.56. The normalized spacial score (nSPS) is 19.0. The molecule has 6 bridgehead atoms. The van der Waals surface area contributed by atoms with Crippen LogP contribution in [-0.2, 0) is 30.5 Å². The summed E-state index contributed by atoms with van der Waals surface area (Å²) in [6, 6.07) is 21.1. The van der Waals surface area contributed by atoms with Crippen molar-refractivity contribution in [1.29, 1.82) is 0 Å². The number of carboxylic acid groups (broad SMARTS) is 1. The van der Waals surface area contributed by atoms with Gasteiger partial charge in [0.25, 0.3) is 0 Å². The summed E-state index contributed by atoms with van der Waals surface area (Å²) in [5, 5.41) is 21.0. The minimum Gasteiger partial charge on any atom is -0.502 e. The Morgan fingerprint density at radius 1 is 0.677 bits per heavy atom. The predicted molar refractivity (Wildman–Crippen MR) is 258 cm³/mol. The highest BCUT2D eigenvalue weighted by Crippen LogP contribution is 2.53. The van der Waals surface area contributed by atoms with Crippen molar-refractivity contribution in [3.8, 4) is 46.0 Å². The zero-order valence-electron chi connectivity index (χ0n) is 39.9. The average molecular weight is 892 g/mol. The standard InChI is InChI=1S/C55H74N2O8/c1-56-30-28-41-36-48(62-4)50-38-44(41)45(56)33-39-22-25-43(26-23-39)64-49-35-40(24-27-47(49)61-3)34-46-53-42(37-51(63-5)54(60)55(53)65-50)29-32-57(46,2)31-20-18-16-14-12-10-8-6-7-9-11-13-15-17-19-21-52(58)59/h22-27,35-38,45-46H,6-21,28-34H2,1-5H3,(H-,58,59,60)/p+1. The lowest BCUT2D eigenvalue weighted by molar-refractivity contribution is -0.941. The Kier molecular flexibility index (Phi) is 17.0. The summed E-state index contributed by atoms with van der Waals surface area (Å²) in [6.07, 6.45) is 21.7. The fraction of sp³-hybridized carbons (Fsp3) is 0.545. The van der Waals surface area contributed by atoms with E-state index in [2.05, 4.69) is 67.5 Å². The van der Waals surface area contributed by atoms with Gasteiger partial charge in [0, 0.05) is 31.8 Å². The van der Waals surface area contributed by atoms with E-state index in [1.165, 1.54) is 87.3 Å². The number of fused-ring (bicyclic) bond motifs is 2. The molecule has 0 saturated carbocycles. The largest absolute Gasteiger partial charge is 0.502 e. The summed E-state index contributed by atoms with van der Waals surface area (Å²) in [7, 11) is 9.58. The highest BCUT2D eigenvalue weighted by Gasteiger charge is 2.43. The minimum atomic E-state index is -0.679. The van der Waals surface area contributed by atoms with Gasteiger partial charge in [-0.05, 0) is 109 Å². The van der Waals surface area contributed by atoms with E-state index < -0.39 is 5.97 Å². The maximum Gasteiger partial charge on any atom is 0.303 e. The van der Waals surface area contributed by atoms with Crippen LogP contribution in [-0.4, -0.2) is 80.6 Å². The number of aromatic hydroxyl groups is 1. The number of phenols is 1. The number of rotatable bonds is 21. The van der Waals surface area contributed by atoms with E-state index in [1.54, 1.807) is 21.3 Å². The first-order chi connectivity index (χ1) is 31.6. The van der Waals surface area contributed by atoms with Crippen molar-refractivity contribution in [1.82, 2.24) is 4.90 Å². The summed E-state index contributed by atoms with van der Waals surface area (Å²) in [4.78, 5) is 13.1. The van der Waals surface area contributed by atoms with E-state index in [-0.39, 0.29) is 17.8 Å². The number of carboxylic acids is 1. The quantitative estimate of drug-likeness (QED) is 0.0624. The number of hydrogen-bond acceptors (Lipinski definition) is 8. The number of hydrogen-bond donors (Lipinski definition) is 2. The predicted octanol–water partition coefficient (Wildman–Crippen LogP) is 12.7. The number of quaternary nitrogens is 1. The molecule has 65 heavy (non-hydrogen) atoms. The Morgan fingerprint density at radius 3 is 1.89 bits per heavy atom. The Hall–Kier alpha value is -4.93. The first kappa shape index (κ1) is 48.0. The maximum atomic E-state index is 12.2. The molecule has 0 saturated heterocycles. The van der Waals surface area contributed by atoms with Gasteiger partial charge in [0.05, 0.1) is 47.0 Å². The Balaban J connectivity index is 1.10. The first-order valence-corrected chi connectivity index (χ1v) is 24.6. The van der Waals surface area contributed by atoms with Crippen molar-refractivity contribution in [2.45, 2.75) is 141 Å². The van der Waals surface area contributed by atoms with Crippen LogP contribution in [0, 0.1) is 0 Å². The Bertz CT molecular complexity index is 2190. The second-order valence-electron chi connectivity index (χ2n) is 19.2. The SMILES string of the molecule is COc1ccc2cc1Oc1ccc(cc1)CC1c3cc(c(OC)cc3CCN1C)Oc1c(O)c(OC)cc3c1C(C2)[N+](C)(CCCCCCCCCCCCCCCCCC(=O)O)CC3. The molecule has 352 valence electrons. The summed E-state index contributed by atoms with van der Waals surface area (Å²) in [6.45, 7) is 2.90. The average Bonchev–Trinajstić information content (AvgIpc) is 3.30. The molecule has 8 rings (SSSR count). The second kappa shape index (κ2) is 23.0. The van der Waals surface area contributed by atoms with Gasteiger partial charge in [-0.25, -0.2) is 0 Å². The molecule has 0 amide bonds. The van der Waals surface area contributed by atoms with Gasteiger partial charge in [-0.15, -0.1) is 0 Å². The van der Waals surface area contributed by atoms with Crippen LogP contribution in [0.2, 0.25) is 0 Å². The first-order valence-electron chi connectivity index (χ1n) is 24.6. The molecule has 0 fully saturated rings. The molecule has 10 heteroatoms. The van der Waals surface area contributed by atoms with E-state index in [0.717, 1.165) is 91.5 Å². The van der Waals surface area contributed by atoms with Crippen LogP contribution in [0.3, 0.4) is 0 Å². The van der Waals surface area contributed by atoms with Crippen LogP contribution >= 0.6 is 0 Å². The number of methoxy groups -OCH3 is 3. The van der Waals surface area contributed by atoms with Gasteiger partial charge in [-0.3, -0.25) is 9.69 Å². The molecule has 3 unspecified atom stereocenters. The smallest absolute Gasteiger partial charge is 0.303 e. The number of nitrogens with zero attached hydrogens (tertiary/aromatic N) is 2. The lowest BCUT2D eigenvalue weighted by Crippen LogP contribution is -2.52. The van der Waals surface area contributed by atoms with Gasteiger partial charge >= 0.3 is 5.97 Å². The third kappa shape index (κ3) is 12.1. The van der Waals surface area contributed by atoms with Gasteiger partial charge in [0.1, 0.15) is 11.8 Å². The monoisotopic (exact) mass is 892 g/mol. The molecule has 4 aromatic carbocycles. The van der Waals surface area contributed by atoms with E-state index in [0.29, 0.717) is 47.3 Å². The summed E-state index contributed by atoms with van der Waals surface area (Å²) >= 11 is 0. The molecular weight excluding hydrogens is 817 g/mol. The highest BCUT2D eigenvalue weighted by molar-refractivity contribution is 5.66. The zero-order chi connectivity index (χ0) is 45.8. The van der Waals surface area contributed by atoms with Crippen LogP contribution in [0.25, 0.3) is 0 Å². The Labute approximate surface area is 388 Å². The number of unbranched alkanes of at least 4 members (excludes halogenated alkanes) is 14. The molecule has 3 atom stereocenters. The molecule has 0 aliphatic carbocycles. The van der Waals surface area contributed by atoms with Gasteiger partial charge < -0.3 is 38.4 Å². The third-order valence-corrected chi connectivity index (χ3v) is 14.6. The zero-order valence-corrected chi connectivity index (χ0v) is 39.9. The van der Waals surface area contributed by atoms with Gasteiger partial charge in [-0.2, -0.15) is 0 Å². The highest BCUT2D eigenvalue weighted by atomic mass is 16.5. The van der Waals surface area contributed by atoms with Crippen LogP contribution < -0.4 is 23.7 Å². The fourth-order valence-corrected chi connectivity index (χ4v) is 10.6. The van der Waals surface area contributed by atoms with Crippen LogP contribution in [0.4, 0.5) is 0 Å². The van der Waals surface area contributed by atoms with Crippen molar-refractivity contribution < 1.29 is 43.2 Å². The molecule has 4 heterocycles. The van der Waals surface area contributed by atoms with Crippen molar-refractivity contribution in [2.24, 2.45) is 0 Å². The van der Waals surface area contributed by atoms with Crippen molar-refractivity contribution in [3.63, 3.8) is 0 Å². The van der Waals surface area contributed by atoms with E-state index in [9.17, 15) is 9.90 Å². The fourth-order valence-electron chi connectivity index (χ4n) is 10.6. The minimum absolute atomic E-state index is 0.0100.